The Bertz CT molecular complexity index is 431. The zero-order chi connectivity index (χ0) is 12.4. The summed E-state index contributed by atoms with van der Waals surface area (Å²) in [4.78, 5) is 17.8. The summed E-state index contributed by atoms with van der Waals surface area (Å²) in [7, 11) is 0. The minimum Gasteiger partial charge on any atom is -0.393 e. The second-order valence-corrected chi connectivity index (χ2v) is 5.03. The van der Waals surface area contributed by atoms with Crippen LogP contribution in [-0.2, 0) is 0 Å². The highest BCUT2D eigenvalue weighted by atomic mass is 79.9. The maximum Gasteiger partial charge on any atom is 0.257 e. The zero-order valence-corrected chi connectivity index (χ0v) is 10.9. The lowest BCUT2D eigenvalue weighted by atomic mass is 10.1. The number of nitrogen functional groups attached to an aromatic ring is 1. The number of halogens is 1. The molecule has 5 nitrogen and oxygen atoms in total. The monoisotopic (exact) mass is 299 g/mol. The third kappa shape index (κ3) is 2.76. The quantitative estimate of drug-likeness (QED) is 0.811. The predicted molar refractivity (Wildman–Crippen MR) is 67.5 cm³/mol. The van der Waals surface area contributed by atoms with Crippen molar-refractivity contribution in [3.8, 4) is 0 Å². The maximum atomic E-state index is 12.2. The van der Waals surface area contributed by atoms with Crippen LogP contribution in [0.15, 0.2) is 16.7 Å². The lowest BCUT2D eigenvalue weighted by Gasteiger charge is -2.29. The number of hydrogen-bond donors (Lipinski definition) is 2. The molecule has 0 spiro atoms. The first-order valence-electron chi connectivity index (χ1n) is 5.46. The molecule has 0 radical (unpaired) electrons. The summed E-state index contributed by atoms with van der Waals surface area (Å²) in [5, 5.41) is 9.40. The Morgan fingerprint density at radius 1 is 1.53 bits per heavy atom. The number of anilines is 1. The van der Waals surface area contributed by atoms with E-state index in [1.807, 2.05) is 0 Å². The molecular formula is C11H14BrN3O2. The minimum atomic E-state index is -0.294. The first-order chi connectivity index (χ1) is 8.08. The average Bonchev–Trinajstić information content (AvgIpc) is 2.32. The van der Waals surface area contributed by atoms with E-state index in [-0.39, 0.29) is 17.8 Å². The standard InChI is InChI=1S/C11H14BrN3O2/c12-7-5-9(10(13)14-6-7)11(17)15-3-1-8(16)2-4-15/h5-6,8,16H,1-4H2,(H2,13,14). The van der Waals surface area contributed by atoms with Crippen LogP contribution in [0.5, 0.6) is 0 Å². The number of piperidine rings is 1. The molecule has 1 fully saturated rings. The van der Waals surface area contributed by atoms with Gasteiger partial charge in [0.1, 0.15) is 5.82 Å². The van der Waals surface area contributed by atoms with Gasteiger partial charge in [0.2, 0.25) is 0 Å². The van der Waals surface area contributed by atoms with Crippen LogP contribution < -0.4 is 5.73 Å². The number of amides is 1. The van der Waals surface area contributed by atoms with Gasteiger partial charge in [-0.25, -0.2) is 4.98 Å². The molecule has 2 rings (SSSR count). The number of nitrogens with two attached hydrogens (primary N) is 1. The number of aromatic nitrogens is 1. The summed E-state index contributed by atoms with van der Waals surface area (Å²) >= 11 is 3.27. The van der Waals surface area contributed by atoms with E-state index in [2.05, 4.69) is 20.9 Å². The predicted octanol–water partition coefficient (Wildman–Crippen LogP) is 1.02. The number of carbonyl (C=O) groups is 1. The van der Waals surface area contributed by atoms with Gasteiger partial charge in [0, 0.05) is 23.8 Å². The van der Waals surface area contributed by atoms with Crippen molar-refractivity contribution in [2.45, 2.75) is 18.9 Å². The third-order valence-electron chi connectivity index (χ3n) is 2.87. The van der Waals surface area contributed by atoms with Gasteiger partial charge in [-0.1, -0.05) is 0 Å². The number of aliphatic hydroxyl groups excluding tert-OH is 1. The molecular weight excluding hydrogens is 286 g/mol. The molecule has 0 aromatic carbocycles. The lowest BCUT2D eigenvalue weighted by molar-refractivity contribution is 0.0547. The normalized spacial score (nSPS) is 17.2. The molecule has 17 heavy (non-hydrogen) atoms. The first-order valence-corrected chi connectivity index (χ1v) is 6.25. The number of carbonyl (C=O) groups excluding carboxylic acids is 1. The Hall–Kier alpha value is -1.14. The number of pyridine rings is 1. The van der Waals surface area contributed by atoms with Crippen LogP contribution in [0.3, 0.4) is 0 Å². The van der Waals surface area contributed by atoms with Crippen LogP contribution in [0.2, 0.25) is 0 Å². The van der Waals surface area contributed by atoms with Crippen molar-refractivity contribution >= 4 is 27.7 Å². The molecule has 1 aliphatic heterocycles. The second-order valence-electron chi connectivity index (χ2n) is 4.11. The van der Waals surface area contributed by atoms with Gasteiger partial charge in [-0.2, -0.15) is 0 Å². The molecule has 0 bridgehead atoms. The number of likely N-dealkylation sites (tertiary alicyclic amines) is 1. The van der Waals surface area contributed by atoms with Gasteiger partial charge in [0.15, 0.2) is 0 Å². The van der Waals surface area contributed by atoms with E-state index in [1.54, 1.807) is 17.2 Å². The van der Waals surface area contributed by atoms with E-state index in [9.17, 15) is 9.90 Å². The summed E-state index contributed by atoms with van der Waals surface area (Å²) in [5.74, 6) is 0.118. The maximum absolute atomic E-state index is 12.2. The van der Waals surface area contributed by atoms with Crippen LogP contribution in [0.25, 0.3) is 0 Å². The molecule has 1 aromatic heterocycles. The number of rotatable bonds is 1. The van der Waals surface area contributed by atoms with Gasteiger partial charge in [0.05, 0.1) is 11.7 Å². The van der Waals surface area contributed by atoms with Gasteiger partial charge in [-0.3, -0.25) is 4.79 Å². The van der Waals surface area contributed by atoms with Crippen molar-refractivity contribution in [3.63, 3.8) is 0 Å². The molecule has 6 heteroatoms. The van der Waals surface area contributed by atoms with Gasteiger partial charge < -0.3 is 15.7 Å². The Kier molecular flexibility index (Phi) is 3.63. The topological polar surface area (TPSA) is 79.5 Å². The third-order valence-corrected chi connectivity index (χ3v) is 3.30. The molecule has 92 valence electrons. The fourth-order valence-electron chi connectivity index (χ4n) is 1.86. The molecule has 2 heterocycles. The summed E-state index contributed by atoms with van der Waals surface area (Å²) in [6.07, 6.45) is 2.50. The van der Waals surface area contributed by atoms with Gasteiger partial charge in [-0.15, -0.1) is 0 Å². The number of nitrogens with zero attached hydrogens (tertiary/aromatic N) is 2. The summed E-state index contributed by atoms with van der Waals surface area (Å²) in [6.45, 7) is 1.12. The smallest absolute Gasteiger partial charge is 0.257 e. The van der Waals surface area contributed by atoms with E-state index < -0.39 is 0 Å². The van der Waals surface area contributed by atoms with Crippen molar-refractivity contribution in [2.75, 3.05) is 18.8 Å². The molecule has 3 N–H and O–H groups in total. The van der Waals surface area contributed by atoms with E-state index in [0.29, 0.717) is 31.5 Å². The minimum absolute atomic E-state index is 0.122. The SMILES string of the molecule is Nc1ncc(Br)cc1C(=O)N1CCC(O)CC1. The largest absolute Gasteiger partial charge is 0.393 e. The molecule has 1 saturated heterocycles. The zero-order valence-electron chi connectivity index (χ0n) is 9.27. The summed E-state index contributed by atoms with van der Waals surface area (Å²) in [5.41, 5.74) is 6.11. The Morgan fingerprint density at radius 2 is 2.18 bits per heavy atom. The molecule has 0 atom stereocenters. The van der Waals surface area contributed by atoms with Crippen LogP contribution >= 0.6 is 15.9 Å². The molecule has 1 amide bonds. The average molecular weight is 300 g/mol. The molecule has 0 unspecified atom stereocenters. The van der Waals surface area contributed by atoms with Crippen LogP contribution in [0.4, 0.5) is 5.82 Å². The summed E-state index contributed by atoms with van der Waals surface area (Å²) < 4.78 is 0.729. The fraction of sp³-hybridized carbons (Fsp3) is 0.455. The number of hydrogen-bond acceptors (Lipinski definition) is 4. The van der Waals surface area contributed by atoms with E-state index in [0.717, 1.165) is 4.47 Å². The van der Waals surface area contributed by atoms with Crippen molar-refractivity contribution in [2.24, 2.45) is 0 Å². The molecule has 0 aliphatic carbocycles. The first kappa shape index (κ1) is 12.3. The van der Waals surface area contributed by atoms with Gasteiger partial charge in [0.25, 0.3) is 5.91 Å². The van der Waals surface area contributed by atoms with Crippen molar-refractivity contribution in [1.29, 1.82) is 0 Å². The summed E-state index contributed by atoms with van der Waals surface area (Å²) in [6, 6.07) is 1.68. The fourth-order valence-corrected chi connectivity index (χ4v) is 2.19. The van der Waals surface area contributed by atoms with E-state index in [4.69, 9.17) is 5.73 Å². The second kappa shape index (κ2) is 5.01. The van der Waals surface area contributed by atoms with E-state index in [1.165, 1.54) is 0 Å². The highest BCUT2D eigenvalue weighted by Crippen LogP contribution is 2.19. The Labute approximate surface area is 108 Å². The lowest BCUT2D eigenvalue weighted by Crippen LogP contribution is -2.40. The molecule has 0 saturated carbocycles. The van der Waals surface area contributed by atoms with Gasteiger partial charge in [-0.05, 0) is 34.8 Å². The highest BCUT2D eigenvalue weighted by Gasteiger charge is 2.24. The van der Waals surface area contributed by atoms with Crippen LogP contribution in [0, 0.1) is 0 Å². The Morgan fingerprint density at radius 3 is 2.82 bits per heavy atom. The van der Waals surface area contributed by atoms with Gasteiger partial charge >= 0.3 is 0 Å². The number of aliphatic hydroxyl groups is 1. The van der Waals surface area contributed by atoms with Crippen LogP contribution in [0.1, 0.15) is 23.2 Å². The van der Waals surface area contributed by atoms with Crippen LogP contribution in [-0.4, -0.2) is 40.1 Å². The Balaban J connectivity index is 2.16. The highest BCUT2D eigenvalue weighted by molar-refractivity contribution is 9.10. The molecule has 1 aromatic rings. The van der Waals surface area contributed by atoms with Crippen molar-refractivity contribution in [3.05, 3.63) is 22.3 Å². The van der Waals surface area contributed by atoms with E-state index >= 15 is 0 Å². The molecule has 1 aliphatic rings. The van der Waals surface area contributed by atoms with Crippen molar-refractivity contribution < 1.29 is 9.90 Å². The van der Waals surface area contributed by atoms with Crippen molar-refractivity contribution in [1.82, 2.24) is 9.88 Å².